The average Bonchev–Trinajstić information content (AvgIpc) is 3.31. The number of halogens is 2. The molecule has 0 radical (unpaired) electrons. The van der Waals surface area contributed by atoms with Crippen LogP contribution in [0, 0.1) is 17.3 Å². The van der Waals surface area contributed by atoms with E-state index in [0.29, 0.717) is 12.0 Å². The third kappa shape index (κ3) is 7.66. The van der Waals surface area contributed by atoms with E-state index in [-0.39, 0.29) is 28.2 Å². The third-order valence-corrected chi connectivity index (χ3v) is 11.7. The van der Waals surface area contributed by atoms with Crippen LogP contribution in [0.2, 0.25) is 5.02 Å². The maximum Gasteiger partial charge on any atom is 0.0836 e. The number of hydrogen-bond donors (Lipinski definition) is 1. The lowest BCUT2D eigenvalue weighted by molar-refractivity contribution is 0.0361. The highest BCUT2D eigenvalue weighted by Crippen LogP contribution is 2.42. The average molecular weight is 668 g/mol. The predicted molar refractivity (Wildman–Crippen MR) is 194 cm³/mol. The summed E-state index contributed by atoms with van der Waals surface area (Å²) in [6.45, 7) is 24.4. The van der Waals surface area contributed by atoms with Gasteiger partial charge in [0.15, 0.2) is 0 Å². The minimum atomic E-state index is -0.366. The number of nitrogens with zero attached hydrogens (tertiary/aromatic N) is 4. The number of benzene rings is 2. The fraction of sp³-hybridized carbons (Fsp3) is 0.641. The molecular formula is C39H56Cl2N4O. The largest absolute Gasteiger partial charge is 0.388 e. The number of rotatable bonds is 6. The molecule has 46 heavy (non-hydrogen) atoms. The van der Waals surface area contributed by atoms with Crippen molar-refractivity contribution in [3.05, 3.63) is 75.8 Å². The number of allylic oxidation sites excluding steroid dienone is 1. The van der Waals surface area contributed by atoms with Crippen LogP contribution in [-0.2, 0) is 11.8 Å². The van der Waals surface area contributed by atoms with Gasteiger partial charge in [0.25, 0.3) is 0 Å². The molecular weight excluding hydrogens is 611 g/mol. The lowest BCUT2D eigenvalue weighted by Crippen LogP contribution is -2.58. The van der Waals surface area contributed by atoms with Crippen LogP contribution in [0.1, 0.15) is 70.8 Å². The Balaban J connectivity index is 1.09. The minimum absolute atomic E-state index is 0.0759. The molecule has 2 aliphatic carbocycles. The lowest BCUT2D eigenvalue weighted by atomic mass is 9.71. The molecule has 2 fully saturated rings. The number of fused-ring (bicyclic) bond motifs is 1. The van der Waals surface area contributed by atoms with Gasteiger partial charge < -0.3 is 14.9 Å². The molecule has 2 aromatic carbocycles. The summed E-state index contributed by atoms with van der Waals surface area (Å²) in [6, 6.07) is 15.5. The second kappa shape index (κ2) is 13.7. The van der Waals surface area contributed by atoms with Crippen LogP contribution in [0.25, 0.3) is 0 Å². The van der Waals surface area contributed by atoms with E-state index in [2.05, 4.69) is 97.5 Å². The molecule has 2 heterocycles. The molecule has 1 N–H and O–H groups in total. The second-order valence-corrected chi connectivity index (χ2v) is 17.5. The van der Waals surface area contributed by atoms with Gasteiger partial charge in [-0.05, 0) is 76.1 Å². The molecule has 5 nitrogen and oxygen atoms in total. The van der Waals surface area contributed by atoms with Gasteiger partial charge in [-0.1, -0.05) is 77.4 Å². The van der Waals surface area contributed by atoms with E-state index in [4.69, 9.17) is 23.2 Å². The molecule has 2 aromatic rings. The van der Waals surface area contributed by atoms with Crippen LogP contribution in [0.15, 0.2) is 54.1 Å². The quantitative estimate of drug-likeness (QED) is 0.259. The van der Waals surface area contributed by atoms with E-state index in [1.165, 1.54) is 22.4 Å². The Kier molecular flexibility index (Phi) is 10.2. The van der Waals surface area contributed by atoms with Gasteiger partial charge in [-0.3, -0.25) is 9.80 Å². The molecule has 7 heteroatoms. The predicted octanol–water partition coefficient (Wildman–Crippen LogP) is 7.25. The Hall–Kier alpha value is -1.60. The summed E-state index contributed by atoms with van der Waals surface area (Å²) < 4.78 is 0. The highest BCUT2D eigenvalue weighted by Gasteiger charge is 2.42. The van der Waals surface area contributed by atoms with Crippen molar-refractivity contribution in [1.29, 1.82) is 0 Å². The summed E-state index contributed by atoms with van der Waals surface area (Å²) >= 11 is 13.1. The van der Waals surface area contributed by atoms with Crippen molar-refractivity contribution in [3.8, 4) is 0 Å². The van der Waals surface area contributed by atoms with Gasteiger partial charge in [0.1, 0.15) is 0 Å². The van der Waals surface area contributed by atoms with Gasteiger partial charge >= 0.3 is 0 Å². The highest BCUT2D eigenvalue weighted by atomic mass is 35.5. The number of anilines is 1. The van der Waals surface area contributed by atoms with Crippen LogP contribution in [0.3, 0.4) is 0 Å². The van der Waals surface area contributed by atoms with Crippen LogP contribution in [0.4, 0.5) is 5.69 Å². The Labute approximate surface area is 288 Å². The molecule has 0 spiro atoms. The fourth-order valence-corrected chi connectivity index (χ4v) is 8.95. The van der Waals surface area contributed by atoms with Gasteiger partial charge in [-0.15, -0.1) is 11.6 Å². The van der Waals surface area contributed by atoms with Gasteiger partial charge in [-0.25, -0.2) is 0 Å². The van der Waals surface area contributed by atoms with Crippen molar-refractivity contribution < 1.29 is 5.11 Å². The zero-order valence-corrected chi connectivity index (χ0v) is 30.5. The van der Waals surface area contributed by atoms with Crippen LogP contribution in [0.5, 0.6) is 0 Å². The molecule has 0 saturated carbocycles. The third-order valence-electron chi connectivity index (χ3n) is 11.1. The van der Waals surface area contributed by atoms with Crippen LogP contribution < -0.4 is 4.90 Å². The van der Waals surface area contributed by atoms with Gasteiger partial charge in [-0.2, -0.15) is 0 Å². The molecule has 6 rings (SSSR count). The molecule has 0 bridgehead atoms. The number of hydrogen-bond acceptors (Lipinski definition) is 5. The van der Waals surface area contributed by atoms with E-state index in [1.54, 1.807) is 0 Å². The number of piperazine rings is 2. The van der Waals surface area contributed by atoms with Crippen molar-refractivity contribution in [2.45, 2.75) is 77.3 Å². The van der Waals surface area contributed by atoms with Crippen molar-refractivity contribution in [2.75, 3.05) is 70.3 Å². The maximum atomic E-state index is 11.4. The van der Waals surface area contributed by atoms with E-state index in [9.17, 15) is 5.11 Å². The first-order valence-electron chi connectivity index (χ1n) is 17.6. The summed E-state index contributed by atoms with van der Waals surface area (Å²) in [7, 11) is 0. The van der Waals surface area contributed by atoms with Crippen LogP contribution >= 0.6 is 23.2 Å². The molecule has 2 aliphatic heterocycles. The highest BCUT2D eigenvalue weighted by molar-refractivity contribution is 6.30. The zero-order valence-electron chi connectivity index (χ0n) is 29.0. The SMILES string of the molecule is CC(C)(C)C1=CC(Cl)CC(CN2CCN(c3ccc(Cl)cc3)CC2)C1N1CCN(CC2Cc3ccc(C(C)(C)C)cc3C2O)CC1. The second-order valence-electron chi connectivity index (χ2n) is 16.5. The fourth-order valence-electron chi connectivity index (χ4n) is 8.46. The standard InChI is InChI=1S/C39H56Cl2N4O/c1-38(2,3)30-8-7-27-21-29(37(46)34(27)23-30)26-43-15-19-45(20-16-43)36-28(22-32(41)24-35(36)39(4,5)6)25-42-13-17-44(18-14-42)33-11-9-31(40)10-12-33/h7-12,23-24,28-29,32,36-37,46H,13-22,25-26H2,1-6H3. The molecule has 4 aliphatic rings. The smallest absolute Gasteiger partial charge is 0.0836 e. The maximum absolute atomic E-state index is 11.4. The molecule has 5 unspecified atom stereocenters. The van der Waals surface area contributed by atoms with Gasteiger partial charge in [0, 0.05) is 88.1 Å². The molecule has 0 amide bonds. The van der Waals surface area contributed by atoms with E-state index in [1.807, 2.05) is 12.1 Å². The van der Waals surface area contributed by atoms with Gasteiger partial charge in [0.05, 0.1) is 11.5 Å². The molecule has 2 saturated heterocycles. The van der Waals surface area contributed by atoms with Gasteiger partial charge in [0.2, 0.25) is 0 Å². The topological polar surface area (TPSA) is 33.2 Å². The molecule has 252 valence electrons. The zero-order chi connectivity index (χ0) is 32.8. The number of aliphatic hydroxyl groups is 1. The van der Waals surface area contributed by atoms with E-state index < -0.39 is 0 Å². The van der Waals surface area contributed by atoms with Crippen molar-refractivity contribution >= 4 is 28.9 Å². The van der Waals surface area contributed by atoms with E-state index >= 15 is 0 Å². The normalized spacial score (nSPS) is 28.8. The van der Waals surface area contributed by atoms with Crippen LogP contribution in [-0.4, -0.2) is 96.7 Å². The first-order chi connectivity index (χ1) is 21.8. The number of aliphatic hydroxyl groups excluding tert-OH is 1. The van der Waals surface area contributed by atoms with Crippen molar-refractivity contribution in [2.24, 2.45) is 17.3 Å². The Morgan fingerprint density at radius 2 is 1.37 bits per heavy atom. The summed E-state index contributed by atoms with van der Waals surface area (Å²) in [5.74, 6) is 0.784. The molecule has 0 aromatic heterocycles. The lowest BCUT2D eigenvalue weighted by Gasteiger charge is -2.50. The van der Waals surface area contributed by atoms with Crippen molar-refractivity contribution in [1.82, 2.24) is 14.7 Å². The summed E-state index contributed by atoms with van der Waals surface area (Å²) in [5, 5.41) is 12.3. The first-order valence-corrected chi connectivity index (χ1v) is 18.4. The summed E-state index contributed by atoms with van der Waals surface area (Å²) in [4.78, 5) is 10.6. The Morgan fingerprint density at radius 3 is 1.98 bits per heavy atom. The summed E-state index contributed by atoms with van der Waals surface area (Å²) in [6.07, 6.45) is 4.04. The first kappa shape index (κ1) is 34.3. The summed E-state index contributed by atoms with van der Waals surface area (Å²) in [5.41, 5.74) is 6.76. The monoisotopic (exact) mass is 666 g/mol. The minimum Gasteiger partial charge on any atom is -0.388 e. The Morgan fingerprint density at radius 1 is 0.761 bits per heavy atom. The molecule has 5 atom stereocenters. The Bertz CT molecular complexity index is 1360. The number of alkyl halides is 1. The van der Waals surface area contributed by atoms with Crippen molar-refractivity contribution in [3.63, 3.8) is 0 Å². The van der Waals surface area contributed by atoms with E-state index in [0.717, 1.165) is 88.9 Å².